The van der Waals surface area contributed by atoms with Crippen molar-refractivity contribution in [2.75, 3.05) is 10.0 Å². The number of amides is 2. The van der Waals surface area contributed by atoms with E-state index in [1.165, 1.54) is 17.4 Å². The molecule has 1 atom stereocenters. The molecular formula is C24H27N3O4S2. The average Bonchev–Trinajstić information content (AvgIpc) is 3.27. The first kappa shape index (κ1) is 24.5. The second kappa shape index (κ2) is 10.2. The van der Waals surface area contributed by atoms with Crippen LogP contribution in [0, 0.1) is 19.8 Å². The summed E-state index contributed by atoms with van der Waals surface area (Å²) in [6.07, 6.45) is 0. The molecule has 174 valence electrons. The highest BCUT2D eigenvalue weighted by Gasteiger charge is 2.26. The predicted octanol–water partition coefficient (Wildman–Crippen LogP) is 4.56. The molecule has 1 unspecified atom stereocenters. The van der Waals surface area contributed by atoms with Gasteiger partial charge in [0.05, 0.1) is 9.77 Å². The summed E-state index contributed by atoms with van der Waals surface area (Å²) in [7, 11) is -3.87. The van der Waals surface area contributed by atoms with Crippen LogP contribution < -0.4 is 15.4 Å². The number of nitrogens with one attached hydrogen (secondary N) is 3. The highest BCUT2D eigenvalue weighted by molar-refractivity contribution is 7.92. The number of sulfonamides is 1. The van der Waals surface area contributed by atoms with Crippen molar-refractivity contribution in [3.05, 3.63) is 76.0 Å². The molecule has 1 heterocycles. The number of rotatable bonds is 8. The van der Waals surface area contributed by atoms with Gasteiger partial charge in [0.2, 0.25) is 5.91 Å². The minimum atomic E-state index is -3.87. The van der Waals surface area contributed by atoms with Crippen molar-refractivity contribution in [1.82, 2.24) is 5.32 Å². The third kappa shape index (κ3) is 6.21. The van der Waals surface area contributed by atoms with E-state index in [1.54, 1.807) is 54.8 Å². The fourth-order valence-electron chi connectivity index (χ4n) is 3.26. The Morgan fingerprint density at radius 1 is 0.939 bits per heavy atom. The quantitative estimate of drug-likeness (QED) is 0.435. The van der Waals surface area contributed by atoms with Crippen molar-refractivity contribution in [3.8, 4) is 0 Å². The smallest absolute Gasteiger partial charge is 0.262 e. The molecule has 0 aliphatic heterocycles. The van der Waals surface area contributed by atoms with Crippen LogP contribution in [0.4, 0.5) is 11.4 Å². The maximum Gasteiger partial charge on any atom is 0.262 e. The Morgan fingerprint density at radius 3 is 2.33 bits per heavy atom. The van der Waals surface area contributed by atoms with Gasteiger partial charge in [0.1, 0.15) is 6.04 Å². The minimum absolute atomic E-state index is 0.0607. The Kier molecular flexibility index (Phi) is 7.55. The van der Waals surface area contributed by atoms with Gasteiger partial charge in [-0.05, 0) is 66.6 Å². The van der Waals surface area contributed by atoms with Gasteiger partial charge in [0.25, 0.3) is 15.9 Å². The molecule has 0 bridgehead atoms. The van der Waals surface area contributed by atoms with Crippen LogP contribution >= 0.6 is 11.3 Å². The Bertz CT molecular complexity index is 1250. The maximum absolute atomic E-state index is 13.0. The molecular weight excluding hydrogens is 458 g/mol. The Balaban J connectivity index is 1.80. The summed E-state index contributed by atoms with van der Waals surface area (Å²) in [5, 5.41) is 7.30. The van der Waals surface area contributed by atoms with E-state index in [1.807, 2.05) is 26.8 Å². The van der Waals surface area contributed by atoms with Crippen molar-refractivity contribution in [3.63, 3.8) is 0 Å². The van der Waals surface area contributed by atoms with Gasteiger partial charge in [-0.15, -0.1) is 11.3 Å². The summed E-state index contributed by atoms with van der Waals surface area (Å²) in [5.74, 6) is -0.923. The maximum atomic E-state index is 13.0. The zero-order chi connectivity index (χ0) is 24.2. The first-order chi connectivity index (χ1) is 15.6. The molecule has 3 N–H and O–H groups in total. The SMILES string of the molecule is Cc1cccc(NS(=O)(=O)c2cc(NC(=O)C(NC(=O)c3cccs3)C(C)C)ccc2C)c1. The van der Waals surface area contributed by atoms with Crippen molar-refractivity contribution >= 4 is 44.5 Å². The number of hydrogen-bond acceptors (Lipinski definition) is 5. The highest BCUT2D eigenvalue weighted by Crippen LogP contribution is 2.24. The van der Waals surface area contributed by atoms with E-state index in [0.717, 1.165) is 5.56 Å². The Morgan fingerprint density at radius 2 is 1.70 bits per heavy atom. The van der Waals surface area contributed by atoms with Crippen LogP contribution in [-0.4, -0.2) is 26.3 Å². The lowest BCUT2D eigenvalue weighted by Crippen LogP contribution is -2.47. The molecule has 0 radical (unpaired) electrons. The third-order valence-electron chi connectivity index (χ3n) is 5.00. The van der Waals surface area contributed by atoms with Crippen LogP contribution in [0.3, 0.4) is 0 Å². The zero-order valence-electron chi connectivity index (χ0n) is 18.9. The van der Waals surface area contributed by atoms with Gasteiger partial charge in [-0.1, -0.05) is 38.1 Å². The van der Waals surface area contributed by atoms with Gasteiger partial charge in [-0.25, -0.2) is 8.42 Å². The zero-order valence-corrected chi connectivity index (χ0v) is 20.5. The fraction of sp³-hybridized carbons (Fsp3) is 0.250. The second-order valence-electron chi connectivity index (χ2n) is 8.12. The van der Waals surface area contributed by atoms with Gasteiger partial charge >= 0.3 is 0 Å². The van der Waals surface area contributed by atoms with E-state index in [-0.39, 0.29) is 16.7 Å². The number of hydrogen-bond donors (Lipinski definition) is 3. The molecule has 1 aromatic heterocycles. The molecule has 0 aliphatic rings. The molecule has 0 fully saturated rings. The normalized spacial score (nSPS) is 12.3. The van der Waals surface area contributed by atoms with Crippen LogP contribution in [0.5, 0.6) is 0 Å². The van der Waals surface area contributed by atoms with E-state index in [0.29, 0.717) is 21.8 Å². The molecule has 7 nitrogen and oxygen atoms in total. The minimum Gasteiger partial charge on any atom is -0.339 e. The molecule has 0 saturated carbocycles. The van der Waals surface area contributed by atoms with Gasteiger partial charge in [0.15, 0.2) is 0 Å². The Labute approximate surface area is 198 Å². The molecule has 2 aromatic carbocycles. The van der Waals surface area contributed by atoms with E-state index >= 15 is 0 Å². The molecule has 3 aromatic rings. The first-order valence-electron chi connectivity index (χ1n) is 10.4. The van der Waals surface area contributed by atoms with Gasteiger partial charge in [-0.2, -0.15) is 0 Å². The predicted molar refractivity (Wildman–Crippen MR) is 132 cm³/mol. The number of benzene rings is 2. The molecule has 3 rings (SSSR count). The largest absolute Gasteiger partial charge is 0.339 e. The molecule has 0 saturated heterocycles. The van der Waals surface area contributed by atoms with Crippen LogP contribution in [0.2, 0.25) is 0 Å². The molecule has 0 spiro atoms. The van der Waals surface area contributed by atoms with E-state index in [9.17, 15) is 18.0 Å². The summed E-state index contributed by atoms with van der Waals surface area (Å²) in [6, 6.07) is 14.4. The molecule has 33 heavy (non-hydrogen) atoms. The highest BCUT2D eigenvalue weighted by atomic mass is 32.2. The second-order valence-corrected chi connectivity index (χ2v) is 10.7. The van der Waals surface area contributed by atoms with Crippen LogP contribution in [0.15, 0.2) is 64.9 Å². The first-order valence-corrected chi connectivity index (χ1v) is 12.8. The van der Waals surface area contributed by atoms with Crippen LogP contribution in [0.1, 0.15) is 34.6 Å². The van der Waals surface area contributed by atoms with Gasteiger partial charge in [-0.3, -0.25) is 14.3 Å². The van der Waals surface area contributed by atoms with Gasteiger partial charge < -0.3 is 10.6 Å². The monoisotopic (exact) mass is 485 g/mol. The number of carbonyl (C=O) groups excluding carboxylic acids is 2. The van der Waals surface area contributed by atoms with E-state index in [4.69, 9.17) is 0 Å². The third-order valence-corrected chi connectivity index (χ3v) is 7.39. The lowest BCUT2D eigenvalue weighted by atomic mass is 10.0. The number of carbonyl (C=O) groups is 2. The van der Waals surface area contributed by atoms with E-state index < -0.39 is 22.0 Å². The molecule has 0 aliphatic carbocycles. The topological polar surface area (TPSA) is 104 Å². The van der Waals surface area contributed by atoms with Gasteiger partial charge in [0, 0.05) is 11.4 Å². The average molecular weight is 486 g/mol. The number of thiophene rings is 1. The van der Waals surface area contributed by atoms with Crippen molar-refractivity contribution in [1.29, 1.82) is 0 Å². The van der Waals surface area contributed by atoms with Crippen molar-refractivity contribution in [2.24, 2.45) is 5.92 Å². The lowest BCUT2D eigenvalue weighted by molar-refractivity contribution is -0.118. The summed E-state index contributed by atoms with van der Waals surface area (Å²) < 4.78 is 28.6. The standard InChI is InChI=1S/C24H27N3O4S2/c1-15(2)22(26-23(28)20-9-6-12-32-20)24(29)25-18-11-10-17(4)21(14-18)33(30,31)27-19-8-5-7-16(3)13-19/h5-15,22,27H,1-4H3,(H,25,29)(H,26,28). The molecule has 2 amide bonds. The number of aryl methyl sites for hydroxylation is 2. The summed E-state index contributed by atoms with van der Waals surface area (Å²) in [6.45, 7) is 7.22. The molecule has 9 heteroatoms. The Hall–Kier alpha value is -3.17. The van der Waals surface area contributed by atoms with Crippen molar-refractivity contribution < 1.29 is 18.0 Å². The van der Waals surface area contributed by atoms with Crippen molar-refractivity contribution in [2.45, 2.75) is 38.6 Å². The summed E-state index contributed by atoms with van der Waals surface area (Å²) >= 11 is 1.29. The summed E-state index contributed by atoms with van der Waals surface area (Å²) in [4.78, 5) is 26.0. The van der Waals surface area contributed by atoms with Crippen LogP contribution in [-0.2, 0) is 14.8 Å². The fourth-order valence-corrected chi connectivity index (χ4v) is 5.21. The summed E-state index contributed by atoms with van der Waals surface area (Å²) in [5.41, 5.74) is 2.25. The van der Waals surface area contributed by atoms with E-state index in [2.05, 4.69) is 15.4 Å². The van der Waals surface area contributed by atoms with Crippen LogP contribution in [0.25, 0.3) is 0 Å². The number of anilines is 2. The lowest BCUT2D eigenvalue weighted by Gasteiger charge is -2.22.